The van der Waals surface area contributed by atoms with Crippen LogP contribution in [0, 0.1) is 0 Å². The molecule has 0 radical (unpaired) electrons. The van der Waals surface area contributed by atoms with Crippen LogP contribution < -0.4 is 4.74 Å². The number of phenols is 1. The van der Waals surface area contributed by atoms with E-state index in [4.69, 9.17) is 27.9 Å². The largest absolute Gasteiger partial charge is 0.508 e. The van der Waals surface area contributed by atoms with E-state index in [1.54, 1.807) is 6.07 Å². The van der Waals surface area contributed by atoms with E-state index in [0.717, 1.165) is 0 Å². The van der Waals surface area contributed by atoms with Crippen molar-refractivity contribution in [2.45, 2.75) is 23.8 Å². The Labute approximate surface area is 115 Å². The van der Waals surface area contributed by atoms with Gasteiger partial charge in [-0.25, -0.2) is 0 Å². The molecule has 0 spiro atoms. The third-order valence-electron chi connectivity index (χ3n) is 2.32. The molecule has 100 valence electrons. The zero-order chi connectivity index (χ0) is 13.7. The van der Waals surface area contributed by atoms with Crippen LogP contribution in [0.3, 0.4) is 0 Å². The summed E-state index contributed by atoms with van der Waals surface area (Å²) in [5.41, 5.74) is 0.602. The number of benzene rings is 1. The van der Waals surface area contributed by atoms with Gasteiger partial charge in [0, 0.05) is 18.9 Å². The second-order valence-electron chi connectivity index (χ2n) is 3.86. The fraction of sp³-hybridized carbons (Fsp3) is 0.417. The van der Waals surface area contributed by atoms with Crippen molar-refractivity contribution in [1.82, 2.24) is 0 Å². The standard InChI is InChI=1S/C12H14Cl2O4/c1-18-10-4-7(2-8(15)5-10)3-9(16)6-11(17)12(13)14/h2,4-5,11-12,15,17H,3,6H2,1H3/t11-/m0/s1. The molecular weight excluding hydrogens is 279 g/mol. The van der Waals surface area contributed by atoms with Crippen LogP contribution in [0.5, 0.6) is 11.5 Å². The number of carbonyl (C=O) groups excluding carboxylic acids is 1. The van der Waals surface area contributed by atoms with E-state index in [1.165, 1.54) is 19.2 Å². The van der Waals surface area contributed by atoms with Crippen LogP contribution in [-0.2, 0) is 11.2 Å². The zero-order valence-corrected chi connectivity index (χ0v) is 11.3. The molecule has 0 unspecified atom stereocenters. The number of aliphatic hydroxyl groups is 1. The topological polar surface area (TPSA) is 66.8 Å². The molecule has 1 rings (SSSR count). The highest BCUT2D eigenvalue weighted by Gasteiger charge is 2.18. The Morgan fingerprint density at radius 3 is 2.61 bits per heavy atom. The van der Waals surface area contributed by atoms with Gasteiger partial charge in [0.2, 0.25) is 0 Å². The molecular formula is C12H14Cl2O4. The number of ketones is 1. The van der Waals surface area contributed by atoms with Gasteiger partial charge in [-0.3, -0.25) is 4.79 Å². The van der Waals surface area contributed by atoms with E-state index in [-0.39, 0.29) is 24.4 Å². The van der Waals surface area contributed by atoms with E-state index in [0.29, 0.717) is 11.3 Å². The Bertz CT molecular complexity index is 421. The van der Waals surface area contributed by atoms with Gasteiger partial charge < -0.3 is 14.9 Å². The van der Waals surface area contributed by atoms with Crippen LogP contribution in [0.4, 0.5) is 0 Å². The van der Waals surface area contributed by atoms with E-state index in [1.807, 2.05) is 0 Å². The number of ether oxygens (including phenoxy) is 1. The second-order valence-corrected chi connectivity index (χ2v) is 5.02. The summed E-state index contributed by atoms with van der Waals surface area (Å²) in [6, 6.07) is 4.55. The Kier molecular flexibility index (Phi) is 5.72. The van der Waals surface area contributed by atoms with Gasteiger partial charge in [0.05, 0.1) is 13.2 Å². The third kappa shape index (κ3) is 4.72. The quantitative estimate of drug-likeness (QED) is 0.788. The summed E-state index contributed by atoms with van der Waals surface area (Å²) in [4.78, 5) is 10.6. The first-order chi connectivity index (χ1) is 8.42. The third-order valence-corrected chi connectivity index (χ3v) is 2.90. The second kappa shape index (κ2) is 6.83. The fourth-order valence-electron chi connectivity index (χ4n) is 1.49. The van der Waals surface area contributed by atoms with Gasteiger partial charge in [0.1, 0.15) is 22.1 Å². The molecule has 1 aromatic rings. The van der Waals surface area contributed by atoms with Crippen LogP contribution in [-0.4, -0.2) is 34.0 Å². The molecule has 0 saturated carbocycles. The lowest BCUT2D eigenvalue weighted by Crippen LogP contribution is -2.21. The maximum atomic E-state index is 11.6. The maximum Gasteiger partial charge on any atom is 0.139 e. The summed E-state index contributed by atoms with van der Waals surface area (Å²) in [5.74, 6) is 0.262. The van der Waals surface area contributed by atoms with Gasteiger partial charge in [-0.15, -0.1) is 23.2 Å². The number of phenolic OH excluding ortho intramolecular Hbond substituents is 1. The molecule has 18 heavy (non-hydrogen) atoms. The Morgan fingerprint density at radius 1 is 1.39 bits per heavy atom. The van der Waals surface area contributed by atoms with E-state index in [9.17, 15) is 15.0 Å². The van der Waals surface area contributed by atoms with Crippen molar-refractivity contribution in [3.8, 4) is 11.5 Å². The van der Waals surface area contributed by atoms with Crippen LogP contribution in [0.2, 0.25) is 0 Å². The van der Waals surface area contributed by atoms with Gasteiger partial charge >= 0.3 is 0 Å². The van der Waals surface area contributed by atoms with E-state index >= 15 is 0 Å². The SMILES string of the molecule is COc1cc(O)cc(CC(=O)C[C@H](O)C(Cl)Cl)c1. The minimum Gasteiger partial charge on any atom is -0.508 e. The first-order valence-corrected chi connectivity index (χ1v) is 6.14. The number of aromatic hydroxyl groups is 1. The number of halogens is 2. The Balaban J connectivity index is 2.67. The molecule has 0 aliphatic carbocycles. The van der Waals surface area contributed by atoms with Crippen LogP contribution in [0.1, 0.15) is 12.0 Å². The lowest BCUT2D eigenvalue weighted by atomic mass is 10.0. The summed E-state index contributed by atoms with van der Waals surface area (Å²) in [6.07, 6.45) is -1.14. The molecule has 4 nitrogen and oxygen atoms in total. The minimum absolute atomic E-state index is 0.0188. The van der Waals surface area contributed by atoms with Gasteiger partial charge in [-0.1, -0.05) is 0 Å². The highest BCUT2D eigenvalue weighted by molar-refractivity contribution is 6.44. The van der Waals surface area contributed by atoms with Crippen molar-refractivity contribution >= 4 is 29.0 Å². The number of alkyl halides is 2. The van der Waals surface area contributed by atoms with Crippen LogP contribution in [0.25, 0.3) is 0 Å². The highest BCUT2D eigenvalue weighted by Crippen LogP contribution is 2.22. The summed E-state index contributed by atoms with van der Waals surface area (Å²) in [6.45, 7) is 0. The lowest BCUT2D eigenvalue weighted by molar-refractivity contribution is -0.120. The van der Waals surface area contributed by atoms with Crippen molar-refractivity contribution in [3.05, 3.63) is 23.8 Å². The minimum atomic E-state index is -1.08. The van der Waals surface area contributed by atoms with E-state index < -0.39 is 10.9 Å². The van der Waals surface area contributed by atoms with Crippen molar-refractivity contribution in [2.24, 2.45) is 0 Å². The number of Topliss-reactive ketones (excluding diaryl/α,β-unsaturated/α-hetero) is 1. The molecule has 0 aliphatic rings. The van der Waals surface area contributed by atoms with Crippen LogP contribution in [0.15, 0.2) is 18.2 Å². The Hall–Kier alpha value is -0.970. The molecule has 0 fully saturated rings. The van der Waals surface area contributed by atoms with Crippen LogP contribution >= 0.6 is 23.2 Å². The lowest BCUT2D eigenvalue weighted by Gasteiger charge is -2.10. The van der Waals surface area contributed by atoms with Gasteiger partial charge in [-0.05, 0) is 17.7 Å². The summed E-state index contributed by atoms with van der Waals surface area (Å²) in [5, 5.41) is 18.8. The molecule has 6 heteroatoms. The first kappa shape index (κ1) is 15.1. The predicted molar refractivity (Wildman–Crippen MR) is 69.5 cm³/mol. The monoisotopic (exact) mass is 292 g/mol. The predicted octanol–water partition coefficient (Wildman–Crippen LogP) is 2.07. The molecule has 0 heterocycles. The smallest absolute Gasteiger partial charge is 0.139 e. The summed E-state index contributed by atoms with van der Waals surface area (Å²) in [7, 11) is 1.47. The number of hydrogen-bond donors (Lipinski definition) is 2. The normalized spacial score (nSPS) is 12.5. The van der Waals surface area contributed by atoms with Crippen molar-refractivity contribution in [3.63, 3.8) is 0 Å². The van der Waals surface area contributed by atoms with Crippen molar-refractivity contribution < 1.29 is 19.7 Å². The number of methoxy groups -OCH3 is 1. The molecule has 1 aromatic carbocycles. The Morgan fingerprint density at radius 2 is 2.06 bits per heavy atom. The molecule has 0 aromatic heterocycles. The average molecular weight is 293 g/mol. The molecule has 2 N–H and O–H groups in total. The molecule has 0 saturated heterocycles. The fourth-order valence-corrected chi connectivity index (χ4v) is 1.66. The van der Waals surface area contributed by atoms with Gasteiger partial charge in [0.25, 0.3) is 0 Å². The number of carbonyl (C=O) groups is 1. The molecule has 1 atom stereocenters. The van der Waals surface area contributed by atoms with Crippen molar-refractivity contribution in [1.29, 1.82) is 0 Å². The van der Waals surface area contributed by atoms with Gasteiger partial charge in [0.15, 0.2) is 0 Å². The molecule has 0 aliphatic heterocycles. The van der Waals surface area contributed by atoms with Crippen molar-refractivity contribution in [2.75, 3.05) is 7.11 Å². The summed E-state index contributed by atoms with van der Waals surface area (Å²) >= 11 is 10.9. The summed E-state index contributed by atoms with van der Waals surface area (Å²) < 4.78 is 4.97. The van der Waals surface area contributed by atoms with Gasteiger partial charge in [-0.2, -0.15) is 0 Å². The number of rotatable bonds is 6. The maximum absolute atomic E-state index is 11.6. The molecule has 0 amide bonds. The highest BCUT2D eigenvalue weighted by atomic mass is 35.5. The number of aliphatic hydroxyl groups excluding tert-OH is 1. The first-order valence-electron chi connectivity index (χ1n) is 5.27. The number of hydrogen-bond acceptors (Lipinski definition) is 4. The zero-order valence-electron chi connectivity index (χ0n) is 9.77. The molecule has 0 bridgehead atoms. The van der Waals surface area contributed by atoms with E-state index in [2.05, 4.69) is 0 Å². The average Bonchev–Trinajstić information content (AvgIpc) is 2.27.